The van der Waals surface area contributed by atoms with Gasteiger partial charge < -0.3 is 29.9 Å². The summed E-state index contributed by atoms with van der Waals surface area (Å²) in [5.74, 6) is -0.0335. The van der Waals surface area contributed by atoms with Crippen LogP contribution in [0, 0.1) is 17.2 Å². The van der Waals surface area contributed by atoms with Crippen LogP contribution in [0.25, 0.3) is 0 Å². The Bertz CT molecular complexity index is 971. The van der Waals surface area contributed by atoms with E-state index in [0.717, 1.165) is 31.2 Å². The minimum Gasteiger partial charge on any atom is -0.445 e. The molecule has 0 bridgehead atoms. The molecule has 200 valence electrons. The number of rotatable bonds is 7. The summed E-state index contributed by atoms with van der Waals surface area (Å²) < 4.78 is 10.7. The van der Waals surface area contributed by atoms with Crippen LogP contribution in [-0.2, 0) is 20.9 Å². The summed E-state index contributed by atoms with van der Waals surface area (Å²) in [4.78, 5) is 42.1. The van der Waals surface area contributed by atoms with E-state index >= 15 is 0 Å². The summed E-state index contributed by atoms with van der Waals surface area (Å²) >= 11 is 0. The van der Waals surface area contributed by atoms with E-state index in [-0.39, 0.29) is 25.1 Å². The van der Waals surface area contributed by atoms with E-state index in [4.69, 9.17) is 9.47 Å². The number of benzene rings is 1. The third-order valence-corrected chi connectivity index (χ3v) is 7.52. The molecule has 0 aromatic heterocycles. The fourth-order valence-corrected chi connectivity index (χ4v) is 5.31. The highest BCUT2D eigenvalue weighted by Gasteiger charge is 2.43. The second kappa shape index (κ2) is 12.8. The highest BCUT2D eigenvalue weighted by molar-refractivity contribution is 5.88. The maximum Gasteiger partial charge on any atom is 0.410 e. The highest BCUT2D eigenvalue weighted by atomic mass is 16.6. The van der Waals surface area contributed by atoms with Gasteiger partial charge in [-0.2, -0.15) is 5.26 Å². The first-order valence-electron chi connectivity index (χ1n) is 13.3. The summed E-state index contributed by atoms with van der Waals surface area (Å²) in [6.07, 6.45) is 5.81. The quantitative estimate of drug-likeness (QED) is 0.580. The second-order valence-electron chi connectivity index (χ2n) is 10.2. The Hall–Kier alpha value is -3.32. The molecule has 1 saturated carbocycles. The largest absolute Gasteiger partial charge is 0.445 e. The molecule has 2 atom stereocenters. The Morgan fingerprint density at radius 3 is 2.51 bits per heavy atom. The summed E-state index contributed by atoms with van der Waals surface area (Å²) in [6.45, 7) is 2.38. The Kier molecular flexibility index (Phi) is 9.23. The lowest BCUT2D eigenvalue weighted by atomic mass is 9.84. The molecule has 2 aliphatic heterocycles. The number of likely N-dealkylation sites (tertiary alicyclic amines) is 1. The maximum absolute atomic E-state index is 13.5. The third kappa shape index (κ3) is 7.35. The van der Waals surface area contributed by atoms with Crippen molar-refractivity contribution in [2.45, 2.75) is 63.1 Å². The number of urea groups is 1. The standard InChI is InChI=1S/C27H37N5O5/c28-19-27(11-12-32(20-27)26(35)37-18-22-9-5-2-6-10-22)30-24(33)23(17-21-7-3-1-4-8-21)29-25(34)31-13-15-36-16-14-31/h2,5-6,9-10,21,23H,1,3-4,7-8,11-18,20H2,(H,29,34)(H,30,33). The third-order valence-electron chi connectivity index (χ3n) is 7.52. The molecule has 2 unspecified atom stereocenters. The van der Waals surface area contributed by atoms with Gasteiger partial charge in [0.2, 0.25) is 5.91 Å². The van der Waals surface area contributed by atoms with Gasteiger partial charge in [-0.25, -0.2) is 9.59 Å². The predicted octanol–water partition coefficient (Wildman–Crippen LogP) is 2.79. The van der Waals surface area contributed by atoms with Crippen molar-refractivity contribution in [1.82, 2.24) is 20.4 Å². The Labute approximate surface area is 218 Å². The molecule has 1 aromatic carbocycles. The Morgan fingerprint density at radius 2 is 1.81 bits per heavy atom. The molecule has 2 heterocycles. The average molecular weight is 512 g/mol. The molecule has 0 radical (unpaired) electrons. The van der Waals surface area contributed by atoms with Crippen LogP contribution in [0.3, 0.4) is 0 Å². The summed E-state index contributed by atoms with van der Waals surface area (Å²) in [7, 11) is 0. The molecular formula is C27H37N5O5. The van der Waals surface area contributed by atoms with Gasteiger partial charge in [0.25, 0.3) is 0 Å². The van der Waals surface area contributed by atoms with E-state index in [9.17, 15) is 19.6 Å². The first kappa shape index (κ1) is 26.7. The van der Waals surface area contributed by atoms with Crippen molar-refractivity contribution in [2.75, 3.05) is 39.4 Å². The SMILES string of the molecule is N#CC1(NC(=O)C(CC2CCCCC2)NC(=O)N2CCOCC2)CCN(C(=O)OCc2ccccc2)C1. The molecule has 10 nitrogen and oxygen atoms in total. The van der Waals surface area contributed by atoms with E-state index in [1.165, 1.54) is 11.3 Å². The number of carbonyl (C=O) groups excluding carboxylic acids is 3. The normalized spacial score (nSPS) is 23.1. The molecule has 37 heavy (non-hydrogen) atoms. The summed E-state index contributed by atoms with van der Waals surface area (Å²) in [5, 5.41) is 15.8. The van der Waals surface area contributed by atoms with Crippen molar-refractivity contribution in [3.05, 3.63) is 35.9 Å². The van der Waals surface area contributed by atoms with Gasteiger partial charge in [0.05, 0.1) is 25.8 Å². The molecule has 2 saturated heterocycles. The smallest absolute Gasteiger partial charge is 0.410 e. The van der Waals surface area contributed by atoms with Crippen molar-refractivity contribution in [3.63, 3.8) is 0 Å². The van der Waals surface area contributed by atoms with Crippen LogP contribution in [0.4, 0.5) is 9.59 Å². The summed E-state index contributed by atoms with van der Waals surface area (Å²) in [6, 6.07) is 10.6. The lowest BCUT2D eigenvalue weighted by molar-refractivity contribution is -0.124. The number of amides is 4. The number of carbonyl (C=O) groups is 3. The fourth-order valence-electron chi connectivity index (χ4n) is 5.31. The van der Waals surface area contributed by atoms with Crippen LogP contribution in [0.2, 0.25) is 0 Å². The molecule has 0 spiro atoms. The van der Waals surface area contributed by atoms with Gasteiger partial charge in [0, 0.05) is 26.1 Å². The number of nitrogens with one attached hydrogen (secondary N) is 2. The van der Waals surface area contributed by atoms with Crippen molar-refractivity contribution < 1.29 is 23.9 Å². The number of ether oxygens (including phenoxy) is 2. The first-order chi connectivity index (χ1) is 18.0. The van der Waals surface area contributed by atoms with Crippen LogP contribution >= 0.6 is 0 Å². The number of nitrogens with zero attached hydrogens (tertiary/aromatic N) is 3. The molecule has 3 aliphatic rings. The van der Waals surface area contributed by atoms with Crippen LogP contribution in [-0.4, -0.2) is 78.8 Å². The van der Waals surface area contributed by atoms with Crippen LogP contribution in [0.1, 0.15) is 50.5 Å². The van der Waals surface area contributed by atoms with Gasteiger partial charge >= 0.3 is 12.1 Å². The number of hydrogen-bond donors (Lipinski definition) is 2. The predicted molar refractivity (Wildman–Crippen MR) is 135 cm³/mol. The monoisotopic (exact) mass is 511 g/mol. The molecule has 3 fully saturated rings. The Balaban J connectivity index is 1.37. The van der Waals surface area contributed by atoms with Crippen LogP contribution in [0.15, 0.2) is 30.3 Å². The lowest BCUT2D eigenvalue weighted by Gasteiger charge is -2.32. The van der Waals surface area contributed by atoms with Crippen molar-refractivity contribution >= 4 is 18.0 Å². The van der Waals surface area contributed by atoms with E-state index < -0.39 is 17.7 Å². The number of nitriles is 1. The first-order valence-corrected chi connectivity index (χ1v) is 13.3. The molecule has 1 aromatic rings. The Morgan fingerprint density at radius 1 is 1.08 bits per heavy atom. The molecule has 1 aliphatic carbocycles. The highest BCUT2D eigenvalue weighted by Crippen LogP contribution is 2.28. The van der Waals surface area contributed by atoms with E-state index in [1.54, 1.807) is 4.90 Å². The molecule has 4 amide bonds. The molecule has 2 N–H and O–H groups in total. The zero-order chi connectivity index (χ0) is 26.1. The maximum atomic E-state index is 13.5. The van der Waals surface area contributed by atoms with Crippen molar-refractivity contribution in [3.8, 4) is 6.07 Å². The topological polar surface area (TPSA) is 124 Å². The van der Waals surface area contributed by atoms with Gasteiger partial charge in [-0.05, 0) is 17.9 Å². The zero-order valence-electron chi connectivity index (χ0n) is 21.3. The van der Waals surface area contributed by atoms with Gasteiger partial charge in [0.15, 0.2) is 0 Å². The zero-order valence-corrected chi connectivity index (χ0v) is 21.3. The fraction of sp³-hybridized carbons (Fsp3) is 0.630. The summed E-state index contributed by atoms with van der Waals surface area (Å²) in [5.41, 5.74) is -0.353. The van der Waals surface area contributed by atoms with Gasteiger partial charge in [-0.3, -0.25) is 4.79 Å². The van der Waals surface area contributed by atoms with Crippen LogP contribution < -0.4 is 10.6 Å². The van der Waals surface area contributed by atoms with Crippen molar-refractivity contribution in [1.29, 1.82) is 5.26 Å². The average Bonchev–Trinajstić information content (AvgIpc) is 3.37. The number of morpholine rings is 1. The molecule has 4 rings (SSSR count). The number of hydrogen-bond acceptors (Lipinski definition) is 6. The van der Waals surface area contributed by atoms with E-state index in [0.29, 0.717) is 51.6 Å². The van der Waals surface area contributed by atoms with Gasteiger partial charge in [-0.15, -0.1) is 0 Å². The van der Waals surface area contributed by atoms with E-state index in [1.807, 2.05) is 30.3 Å². The lowest BCUT2D eigenvalue weighted by Crippen LogP contribution is -2.58. The minimum atomic E-state index is -1.22. The molecular weight excluding hydrogens is 474 g/mol. The minimum absolute atomic E-state index is 0.0381. The van der Waals surface area contributed by atoms with Gasteiger partial charge in [-0.1, -0.05) is 62.4 Å². The second-order valence-corrected chi connectivity index (χ2v) is 10.2. The van der Waals surface area contributed by atoms with Crippen LogP contribution in [0.5, 0.6) is 0 Å². The van der Waals surface area contributed by atoms with Crippen molar-refractivity contribution in [2.24, 2.45) is 5.92 Å². The van der Waals surface area contributed by atoms with E-state index in [2.05, 4.69) is 16.7 Å². The van der Waals surface area contributed by atoms with Gasteiger partial charge in [0.1, 0.15) is 18.2 Å². The molecule has 10 heteroatoms.